The summed E-state index contributed by atoms with van der Waals surface area (Å²) in [5.74, 6) is -0.381. The zero-order valence-electron chi connectivity index (χ0n) is 13.5. The van der Waals surface area contributed by atoms with Gasteiger partial charge in [0.2, 0.25) is 5.91 Å². The Morgan fingerprint density at radius 3 is 2.35 bits per heavy atom. The van der Waals surface area contributed by atoms with E-state index in [4.69, 9.17) is 4.74 Å². The number of hydrogen-bond donors (Lipinski definition) is 2. The molecule has 0 aliphatic carbocycles. The molecule has 3 amide bonds. The number of hydrogen-bond acceptors (Lipinski definition) is 4. The van der Waals surface area contributed by atoms with Gasteiger partial charge in [-0.2, -0.15) is 13.2 Å². The zero-order valence-corrected chi connectivity index (χ0v) is 13.5. The third kappa shape index (κ3) is 5.10. The molecule has 0 atom stereocenters. The van der Waals surface area contributed by atoms with E-state index in [1.807, 2.05) is 5.32 Å². The first-order chi connectivity index (χ1) is 12.2. The van der Waals surface area contributed by atoms with E-state index in [0.29, 0.717) is 34.3 Å². The average Bonchev–Trinajstić information content (AvgIpc) is 2.56. The molecule has 1 aromatic heterocycles. The largest absolute Gasteiger partial charge is 0.497 e. The summed E-state index contributed by atoms with van der Waals surface area (Å²) in [5.41, 5.74) is -1.51. The molecular weight excluding hydrogens is 355 g/mol. The van der Waals surface area contributed by atoms with Crippen LogP contribution in [0.4, 0.5) is 23.7 Å². The number of benzene rings is 1. The van der Waals surface area contributed by atoms with Crippen LogP contribution >= 0.6 is 0 Å². The lowest BCUT2D eigenvalue weighted by Crippen LogP contribution is -2.38. The first-order valence-corrected chi connectivity index (χ1v) is 7.21. The Morgan fingerprint density at radius 2 is 1.77 bits per heavy atom. The predicted molar refractivity (Wildman–Crippen MR) is 85.9 cm³/mol. The molecule has 1 heterocycles. The summed E-state index contributed by atoms with van der Waals surface area (Å²) in [6, 6.07) is 6.65. The monoisotopic (exact) mass is 369 g/mol. The lowest BCUT2D eigenvalue weighted by Gasteiger charge is -2.11. The molecule has 26 heavy (non-hydrogen) atoms. The van der Waals surface area contributed by atoms with Gasteiger partial charge in [-0.05, 0) is 30.3 Å². The number of rotatable bonds is 4. The molecule has 0 aliphatic heterocycles. The van der Waals surface area contributed by atoms with Crippen LogP contribution < -0.4 is 20.9 Å². The van der Waals surface area contributed by atoms with E-state index >= 15 is 0 Å². The minimum Gasteiger partial charge on any atom is -0.497 e. The van der Waals surface area contributed by atoms with Gasteiger partial charge in [-0.25, -0.2) is 4.79 Å². The predicted octanol–water partition coefficient (Wildman–Crippen LogP) is 2.22. The van der Waals surface area contributed by atoms with Gasteiger partial charge in [-0.15, -0.1) is 0 Å². The maximum Gasteiger partial charge on any atom is 0.417 e. The van der Waals surface area contributed by atoms with Crippen molar-refractivity contribution in [1.82, 2.24) is 9.88 Å². The number of urea groups is 1. The molecule has 0 saturated carbocycles. The highest BCUT2D eigenvalue weighted by Gasteiger charge is 2.31. The molecule has 0 unspecified atom stereocenters. The van der Waals surface area contributed by atoms with Crippen LogP contribution in [0.2, 0.25) is 0 Å². The maximum atomic E-state index is 12.7. The van der Waals surface area contributed by atoms with E-state index in [9.17, 15) is 27.6 Å². The minimum absolute atomic E-state index is 0.368. The van der Waals surface area contributed by atoms with E-state index in [1.54, 1.807) is 12.1 Å². The highest BCUT2D eigenvalue weighted by atomic mass is 19.4. The van der Waals surface area contributed by atoms with Crippen LogP contribution in [0.25, 0.3) is 0 Å². The normalized spacial score (nSPS) is 10.9. The molecule has 7 nitrogen and oxygen atoms in total. The molecule has 2 rings (SSSR count). The molecule has 0 saturated heterocycles. The highest BCUT2D eigenvalue weighted by molar-refractivity contribution is 6.01. The summed E-state index contributed by atoms with van der Waals surface area (Å²) in [5, 5.41) is 4.30. The number of alkyl halides is 3. The molecule has 1 aromatic carbocycles. The smallest absolute Gasteiger partial charge is 0.417 e. The molecule has 138 valence electrons. The summed E-state index contributed by atoms with van der Waals surface area (Å²) in [7, 11) is 1.48. The first kappa shape index (κ1) is 19.0. The molecule has 2 N–H and O–H groups in total. The number of amides is 3. The number of methoxy groups -OCH3 is 1. The highest BCUT2D eigenvalue weighted by Crippen LogP contribution is 2.27. The van der Waals surface area contributed by atoms with Gasteiger partial charge in [-0.1, -0.05) is 0 Å². The fourth-order valence-electron chi connectivity index (χ4n) is 1.98. The molecule has 0 fully saturated rings. The van der Waals surface area contributed by atoms with Crippen LogP contribution in [0.1, 0.15) is 5.56 Å². The van der Waals surface area contributed by atoms with E-state index in [2.05, 4.69) is 5.32 Å². The summed E-state index contributed by atoms with van der Waals surface area (Å²) >= 11 is 0. The number of carbonyl (C=O) groups is 2. The van der Waals surface area contributed by atoms with Crippen LogP contribution in [-0.2, 0) is 17.5 Å². The topological polar surface area (TPSA) is 89.4 Å². The van der Waals surface area contributed by atoms with Crippen molar-refractivity contribution in [2.45, 2.75) is 12.7 Å². The van der Waals surface area contributed by atoms with Crippen molar-refractivity contribution in [3.63, 3.8) is 0 Å². The minimum atomic E-state index is -4.66. The molecule has 10 heteroatoms. The van der Waals surface area contributed by atoms with Crippen molar-refractivity contribution in [2.75, 3.05) is 12.4 Å². The second kappa shape index (κ2) is 7.72. The SMILES string of the molecule is COc1ccc(NC(=O)NC(=O)Cn2cc(C(F)(F)F)ccc2=O)cc1. The van der Waals surface area contributed by atoms with Crippen LogP contribution in [0.15, 0.2) is 47.4 Å². The number of nitrogens with one attached hydrogen (secondary N) is 2. The van der Waals surface area contributed by atoms with Gasteiger partial charge in [0, 0.05) is 18.0 Å². The van der Waals surface area contributed by atoms with Crippen LogP contribution in [0.5, 0.6) is 5.75 Å². The van der Waals surface area contributed by atoms with Crippen LogP contribution in [-0.4, -0.2) is 23.6 Å². The van der Waals surface area contributed by atoms with E-state index in [1.165, 1.54) is 19.2 Å². The fourth-order valence-corrected chi connectivity index (χ4v) is 1.98. The van der Waals surface area contributed by atoms with Crippen molar-refractivity contribution in [3.05, 3.63) is 58.5 Å². The number of nitrogens with zero attached hydrogens (tertiary/aromatic N) is 1. The summed E-state index contributed by atoms with van der Waals surface area (Å²) in [4.78, 5) is 35.1. The summed E-state index contributed by atoms with van der Waals surface area (Å²) in [6.07, 6.45) is -4.14. The van der Waals surface area contributed by atoms with Gasteiger partial charge < -0.3 is 14.6 Å². The number of carbonyl (C=O) groups excluding carboxylic acids is 2. The first-order valence-electron chi connectivity index (χ1n) is 7.21. The van der Waals surface area contributed by atoms with Gasteiger partial charge in [0.15, 0.2) is 0 Å². The summed E-state index contributed by atoms with van der Waals surface area (Å²) in [6.45, 7) is -0.737. The molecule has 0 radical (unpaired) electrons. The zero-order chi connectivity index (χ0) is 19.3. The number of anilines is 1. The van der Waals surface area contributed by atoms with Crippen molar-refractivity contribution in [2.24, 2.45) is 0 Å². The van der Waals surface area contributed by atoms with Crippen molar-refractivity contribution < 1.29 is 27.5 Å². The van der Waals surface area contributed by atoms with E-state index in [-0.39, 0.29) is 0 Å². The Kier molecular flexibility index (Phi) is 5.65. The number of imide groups is 1. The maximum absolute atomic E-state index is 12.7. The Hall–Kier alpha value is -3.30. The number of ether oxygens (including phenoxy) is 1. The Balaban J connectivity index is 1.99. The second-order valence-electron chi connectivity index (χ2n) is 5.11. The summed E-state index contributed by atoms with van der Waals surface area (Å²) < 4.78 is 43.5. The van der Waals surface area contributed by atoms with Crippen molar-refractivity contribution in [1.29, 1.82) is 0 Å². The Morgan fingerprint density at radius 1 is 1.12 bits per heavy atom. The Bertz CT molecular complexity index is 860. The Labute approximate surface area is 145 Å². The van der Waals surface area contributed by atoms with Gasteiger partial charge >= 0.3 is 12.2 Å². The van der Waals surface area contributed by atoms with Gasteiger partial charge in [0.25, 0.3) is 5.56 Å². The van der Waals surface area contributed by atoms with Crippen molar-refractivity contribution >= 4 is 17.6 Å². The second-order valence-corrected chi connectivity index (χ2v) is 5.11. The van der Waals surface area contributed by atoms with Gasteiger partial charge in [-0.3, -0.25) is 14.9 Å². The van der Waals surface area contributed by atoms with E-state index in [0.717, 1.165) is 0 Å². The van der Waals surface area contributed by atoms with E-state index < -0.39 is 35.8 Å². The molecule has 0 aliphatic rings. The standard InChI is InChI=1S/C16H14F3N3O4/c1-26-12-5-3-11(4-6-12)20-15(25)21-13(23)9-22-8-10(16(17,18)19)2-7-14(22)24/h2-8H,9H2,1H3,(H2,20,21,23,25). The fraction of sp³-hybridized carbons (Fsp3) is 0.188. The molecular formula is C16H14F3N3O4. The molecule has 0 bridgehead atoms. The number of pyridine rings is 1. The van der Waals surface area contributed by atoms with Gasteiger partial charge in [0.1, 0.15) is 12.3 Å². The lowest BCUT2D eigenvalue weighted by molar-refractivity contribution is -0.138. The average molecular weight is 369 g/mol. The number of aromatic nitrogens is 1. The molecule has 0 spiro atoms. The third-order valence-electron chi connectivity index (χ3n) is 3.23. The van der Waals surface area contributed by atoms with Crippen LogP contribution in [0, 0.1) is 0 Å². The number of halogens is 3. The third-order valence-corrected chi connectivity index (χ3v) is 3.23. The lowest BCUT2D eigenvalue weighted by atomic mass is 10.3. The van der Waals surface area contributed by atoms with Crippen molar-refractivity contribution in [3.8, 4) is 5.75 Å². The van der Waals surface area contributed by atoms with Gasteiger partial charge in [0.05, 0.1) is 12.7 Å². The van der Waals surface area contributed by atoms with Crippen LogP contribution in [0.3, 0.4) is 0 Å². The molecule has 2 aromatic rings. The quantitative estimate of drug-likeness (QED) is 0.865.